The zero-order chi connectivity index (χ0) is 8.55. The number of aromatic nitrogens is 1. The van der Waals surface area contributed by atoms with Gasteiger partial charge in [-0.15, -0.1) is 11.3 Å². The van der Waals surface area contributed by atoms with Crippen molar-refractivity contribution in [3.05, 3.63) is 17.6 Å². The van der Waals surface area contributed by atoms with Gasteiger partial charge in [0, 0.05) is 7.05 Å². The number of rotatable bonds is 1. The quantitative estimate of drug-likeness (QED) is 0.703. The van der Waals surface area contributed by atoms with Gasteiger partial charge in [-0.25, -0.2) is 0 Å². The molecule has 2 aromatic rings. The van der Waals surface area contributed by atoms with Crippen LogP contribution in [0.15, 0.2) is 17.6 Å². The minimum absolute atomic E-state index is 0.701. The first kappa shape index (κ1) is 7.36. The maximum atomic E-state index is 5.74. The Morgan fingerprint density at radius 1 is 1.58 bits per heavy atom. The third kappa shape index (κ3) is 0.921. The summed E-state index contributed by atoms with van der Waals surface area (Å²) in [5.74, 6) is 0. The van der Waals surface area contributed by atoms with Gasteiger partial charge in [-0.3, -0.25) is 4.98 Å². The monoisotopic (exact) mass is 179 g/mol. The van der Waals surface area contributed by atoms with Crippen molar-refractivity contribution in [2.24, 2.45) is 0 Å². The van der Waals surface area contributed by atoms with Crippen LogP contribution in [-0.4, -0.2) is 12.0 Å². The Hall–Kier alpha value is -1.29. The SMILES string of the molecule is CNc1c(N)cnc2ccsc12. The van der Waals surface area contributed by atoms with Gasteiger partial charge in [-0.2, -0.15) is 0 Å². The van der Waals surface area contributed by atoms with Crippen molar-refractivity contribution < 1.29 is 0 Å². The lowest BCUT2D eigenvalue weighted by Gasteiger charge is -2.04. The molecule has 2 rings (SSSR count). The van der Waals surface area contributed by atoms with Crippen molar-refractivity contribution in [1.29, 1.82) is 0 Å². The fourth-order valence-corrected chi connectivity index (χ4v) is 2.10. The lowest BCUT2D eigenvalue weighted by Crippen LogP contribution is -1.96. The molecule has 2 aromatic heterocycles. The first-order valence-electron chi connectivity index (χ1n) is 3.62. The predicted molar refractivity (Wildman–Crippen MR) is 53.6 cm³/mol. The molecule has 3 N–H and O–H groups in total. The van der Waals surface area contributed by atoms with Crippen molar-refractivity contribution in [2.75, 3.05) is 18.1 Å². The molecule has 4 heteroatoms. The molecule has 0 fully saturated rings. The van der Waals surface area contributed by atoms with Crippen LogP contribution < -0.4 is 11.1 Å². The second-order valence-electron chi connectivity index (χ2n) is 2.47. The molecular formula is C8H9N3S. The molecule has 3 nitrogen and oxygen atoms in total. The molecule has 0 aliphatic rings. The summed E-state index contributed by atoms with van der Waals surface area (Å²) in [6.45, 7) is 0. The summed E-state index contributed by atoms with van der Waals surface area (Å²) in [6.07, 6.45) is 1.68. The molecule has 0 saturated heterocycles. The van der Waals surface area contributed by atoms with E-state index in [0.717, 1.165) is 15.9 Å². The van der Waals surface area contributed by atoms with E-state index in [1.54, 1.807) is 17.5 Å². The van der Waals surface area contributed by atoms with Gasteiger partial charge in [0.2, 0.25) is 0 Å². The maximum Gasteiger partial charge on any atom is 0.0832 e. The van der Waals surface area contributed by atoms with E-state index in [1.165, 1.54) is 0 Å². The Morgan fingerprint density at radius 2 is 2.42 bits per heavy atom. The number of nitrogens with zero attached hydrogens (tertiary/aromatic N) is 1. The molecule has 0 atom stereocenters. The third-order valence-corrected chi connectivity index (χ3v) is 2.67. The zero-order valence-corrected chi connectivity index (χ0v) is 7.48. The summed E-state index contributed by atoms with van der Waals surface area (Å²) in [7, 11) is 1.87. The van der Waals surface area contributed by atoms with Crippen LogP contribution in [0.2, 0.25) is 0 Å². The van der Waals surface area contributed by atoms with Gasteiger partial charge in [0.15, 0.2) is 0 Å². The predicted octanol–water partition coefficient (Wildman–Crippen LogP) is 1.92. The highest BCUT2D eigenvalue weighted by Gasteiger charge is 2.04. The highest BCUT2D eigenvalue weighted by molar-refractivity contribution is 7.17. The second kappa shape index (κ2) is 2.64. The molecule has 0 aliphatic heterocycles. The zero-order valence-electron chi connectivity index (χ0n) is 6.66. The normalized spacial score (nSPS) is 10.4. The van der Waals surface area contributed by atoms with Gasteiger partial charge in [0.25, 0.3) is 0 Å². The highest BCUT2D eigenvalue weighted by Crippen LogP contribution is 2.31. The summed E-state index contributed by atoms with van der Waals surface area (Å²) in [6, 6.07) is 1.99. The molecule has 0 amide bonds. The van der Waals surface area contributed by atoms with Crippen LogP contribution in [-0.2, 0) is 0 Å². The summed E-state index contributed by atoms with van der Waals surface area (Å²) in [5, 5.41) is 5.08. The first-order valence-corrected chi connectivity index (χ1v) is 4.50. The number of pyridine rings is 1. The Bertz CT molecular complexity index is 408. The van der Waals surface area contributed by atoms with Gasteiger partial charge in [-0.05, 0) is 11.4 Å². The lowest BCUT2D eigenvalue weighted by molar-refractivity contribution is 1.41. The number of nitrogen functional groups attached to an aromatic ring is 1. The number of thiophene rings is 1. The molecule has 0 aliphatic carbocycles. The van der Waals surface area contributed by atoms with Crippen LogP contribution in [0, 0.1) is 0 Å². The first-order chi connectivity index (χ1) is 5.83. The molecule has 2 heterocycles. The lowest BCUT2D eigenvalue weighted by atomic mass is 10.3. The number of hydrogen-bond donors (Lipinski definition) is 2. The van der Waals surface area contributed by atoms with E-state index in [1.807, 2.05) is 18.5 Å². The van der Waals surface area contributed by atoms with Crippen molar-refractivity contribution in [3.8, 4) is 0 Å². The number of hydrogen-bond acceptors (Lipinski definition) is 4. The Labute approximate surface area is 74.2 Å². The highest BCUT2D eigenvalue weighted by atomic mass is 32.1. The summed E-state index contributed by atoms with van der Waals surface area (Å²) >= 11 is 1.65. The van der Waals surface area contributed by atoms with E-state index in [2.05, 4.69) is 10.3 Å². The van der Waals surface area contributed by atoms with E-state index in [-0.39, 0.29) is 0 Å². The topological polar surface area (TPSA) is 50.9 Å². The van der Waals surface area contributed by atoms with Crippen LogP contribution in [0.1, 0.15) is 0 Å². The summed E-state index contributed by atoms with van der Waals surface area (Å²) in [4.78, 5) is 4.19. The van der Waals surface area contributed by atoms with Crippen LogP contribution in [0.4, 0.5) is 11.4 Å². The molecular weight excluding hydrogens is 170 g/mol. The molecule has 12 heavy (non-hydrogen) atoms. The Balaban J connectivity index is 2.83. The van der Waals surface area contributed by atoms with E-state index in [4.69, 9.17) is 5.73 Å². The van der Waals surface area contributed by atoms with Crippen molar-refractivity contribution >= 4 is 32.9 Å². The second-order valence-corrected chi connectivity index (χ2v) is 3.39. The fourth-order valence-electron chi connectivity index (χ4n) is 1.18. The molecule has 0 radical (unpaired) electrons. The average molecular weight is 179 g/mol. The van der Waals surface area contributed by atoms with Gasteiger partial charge in [0.05, 0.1) is 27.8 Å². The Morgan fingerprint density at radius 3 is 3.17 bits per heavy atom. The average Bonchev–Trinajstić information content (AvgIpc) is 2.52. The van der Waals surface area contributed by atoms with Gasteiger partial charge in [-0.1, -0.05) is 0 Å². The molecule has 62 valence electrons. The van der Waals surface area contributed by atoms with Crippen molar-refractivity contribution in [3.63, 3.8) is 0 Å². The van der Waals surface area contributed by atoms with Gasteiger partial charge in [0.1, 0.15) is 0 Å². The molecule has 0 aromatic carbocycles. The van der Waals surface area contributed by atoms with Crippen LogP contribution in [0.25, 0.3) is 10.2 Å². The third-order valence-electron chi connectivity index (χ3n) is 1.75. The van der Waals surface area contributed by atoms with Crippen LogP contribution >= 0.6 is 11.3 Å². The molecule has 0 bridgehead atoms. The molecule has 0 spiro atoms. The van der Waals surface area contributed by atoms with Gasteiger partial charge >= 0.3 is 0 Å². The Kier molecular flexibility index (Phi) is 1.62. The maximum absolute atomic E-state index is 5.74. The van der Waals surface area contributed by atoms with Crippen LogP contribution in [0.3, 0.4) is 0 Å². The largest absolute Gasteiger partial charge is 0.396 e. The minimum atomic E-state index is 0.701. The summed E-state index contributed by atoms with van der Waals surface area (Å²) in [5.41, 5.74) is 8.42. The van der Waals surface area contributed by atoms with E-state index < -0.39 is 0 Å². The van der Waals surface area contributed by atoms with Crippen molar-refractivity contribution in [2.45, 2.75) is 0 Å². The van der Waals surface area contributed by atoms with Crippen LogP contribution in [0.5, 0.6) is 0 Å². The van der Waals surface area contributed by atoms with E-state index in [0.29, 0.717) is 5.69 Å². The molecule has 0 saturated carbocycles. The van der Waals surface area contributed by atoms with Gasteiger partial charge < -0.3 is 11.1 Å². The standard InChI is InChI=1S/C8H9N3S/c1-10-7-5(9)4-11-6-2-3-12-8(6)7/h2-4H,9H2,1H3,(H,10,11). The van der Waals surface area contributed by atoms with Crippen molar-refractivity contribution in [1.82, 2.24) is 4.98 Å². The number of nitrogens with two attached hydrogens (primary N) is 1. The smallest absolute Gasteiger partial charge is 0.0832 e. The summed E-state index contributed by atoms with van der Waals surface area (Å²) < 4.78 is 1.12. The minimum Gasteiger partial charge on any atom is -0.396 e. The molecule has 0 unspecified atom stereocenters. The van der Waals surface area contributed by atoms with E-state index in [9.17, 15) is 0 Å². The number of anilines is 2. The fraction of sp³-hybridized carbons (Fsp3) is 0.125. The number of nitrogens with one attached hydrogen (secondary N) is 1. The number of fused-ring (bicyclic) bond motifs is 1. The van der Waals surface area contributed by atoms with E-state index >= 15 is 0 Å².